The highest BCUT2D eigenvalue weighted by Gasteiger charge is 2.53. The van der Waals surface area contributed by atoms with E-state index >= 15 is 0 Å². The summed E-state index contributed by atoms with van der Waals surface area (Å²) in [7, 11) is 0. The Morgan fingerprint density at radius 1 is 1.18 bits per heavy atom. The molecule has 0 aromatic heterocycles. The van der Waals surface area contributed by atoms with Gasteiger partial charge in [-0.3, -0.25) is 0 Å². The number of fused-ring (bicyclic) bond motifs is 4. The van der Waals surface area contributed by atoms with Crippen LogP contribution in [0.4, 0.5) is 0 Å². The molecule has 2 atom stereocenters. The first-order valence-corrected chi connectivity index (χ1v) is 5.15. The lowest BCUT2D eigenvalue weighted by atomic mass is 9.95. The number of allylic oxidation sites excluding steroid dienone is 2. The van der Waals surface area contributed by atoms with Crippen molar-refractivity contribution < 1.29 is 0 Å². The molecule has 0 aliphatic heterocycles. The monoisotopic (exact) mass is 148 g/mol. The molecule has 0 aromatic rings. The molecule has 0 amide bonds. The van der Waals surface area contributed by atoms with Gasteiger partial charge in [-0.05, 0) is 37.5 Å². The molecule has 0 radical (unpaired) electrons. The lowest BCUT2D eigenvalue weighted by molar-refractivity contribution is 0.542. The van der Waals surface area contributed by atoms with Crippen LogP contribution in [-0.2, 0) is 0 Å². The molecule has 11 heavy (non-hydrogen) atoms. The Labute approximate surface area is 68.7 Å². The van der Waals surface area contributed by atoms with E-state index in [9.17, 15) is 0 Å². The maximum atomic E-state index is 2.32. The molecule has 0 nitrogen and oxygen atoms in total. The summed E-state index contributed by atoms with van der Waals surface area (Å²) in [5.41, 5.74) is 3.87. The zero-order chi connectivity index (χ0) is 7.42. The maximum Gasteiger partial charge on any atom is 0.00184 e. The lowest BCUT2D eigenvalue weighted by Gasteiger charge is -2.09. The van der Waals surface area contributed by atoms with E-state index in [2.05, 4.69) is 6.92 Å². The van der Waals surface area contributed by atoms with E-state index < -0.39 is 0 Å². The number of rotatable bonds is 2. The first-order valence-electron chi connectivity index (χ1n) is 5.15. The Balaban J connectivity index is 1.77. The summed E-state index contributed by atoms with van der Waals surface area (Å²) in [4.78, 5) is 0. The van der Waals surface area contributed by atoms with E-state index in [-0.39, 0.29) is 0 Å². The molecule has 0 N–H and O–H groups in total. The maximum absolute atomic E-state index is 2.32. The fraction of sp³-hybridized carbons (Fsp3) is 0.818. The zero-order valence-corrected chi connectivity index (χ0v) is 7.27. The lowest BCUT2D eigenvalue weighted by Crippen LogP contribution is -1.99. The zero-order valence-electron chi connectivity index (χ0n) is 7.27. The van der Waals surface area contributed by atoms with Crippen LogP contribution in [0.25, 0.3) is 0 Å². The highest BCUT2D eigenvalue weighted by atomic mass is 14.6. The molecule has 0 spiro atoms. The second kappa shape index (κ2) is 1.91. The van der Waals surface area contributed by atoms with Gasteiger partial charge >= 0.3 is 0 Å². The summed E-state index contributed by atoms with van der Waals surface area (Å²) in [5, 5.41) is 0. The van der Waals surface area contributed by atoms with Crippen molar-refractivity contribution in [1.82, 2.24) is 0 Å². The summed E-state index contributed by atoms with van der Waals surface area (Å²) in [6.07, 6.45) is 7.47. The van der Waals surface area contributed by atoms with Crippen molar-refractivity contribution >= 4 is 0 Å². The molecule has 2 bridgehead atoms. The minimum atomic E-state index is 1.03. The third-order valence-corrected chi connectivity index (χ3v) is 3.89. The molecule has 0 aromatic carbocycles. The van der Waals surface area contributed by atoms with Gasteiger partial charge < -0.3 is 0 Å². The van der Waals surface area contributed by atoms with Crippen LogP contribution < -0.4 is 0 Å². The van der Waals surface area contributed by atoms with E-state index in [1.54, 1.807) is 6.42 Å². The predicted octanol–water partition coefficient (Wildman–Crippen LogP) is 3.14. The molecule has 1 fully saturated rings. The van der Waals surface area contributed by atoms with Crippen molar-refractivity contribution in [2.45, 2.75) is 39.0 Å². The summed E-state index contributed by atoms with van der Waals surface area (Å²) < 4.78 is 0. The number of hydrogen-bond acceptors (Lipinski definition) is 0. The van der Waals surface area contributed by atoms with Gasteiger partial charge in [0.2, 0.25) is 0 Å². The summed E-state index contributed by atoms with van der Waals surface area (Å²) in [6.45, 7) is 2.32. The van der Waals surface area contributed by atoms with Crippen molar-refractivity contribution in [2.24, 2.45) is 17.8 Å². The SMILES string of the molecule is CCCC1C2=C1C1CCC2C1. The van der Waals surface area contributed by atoms with Gasteiger partial charge in [0.25, 0.3) is 0 Å². The Hall–Kier alpha value is -0.260. The Bertz CT molecular complexity index is 204. The van der Waals surface area contributed by atoms with Crippen molar-refractivity contribution in [3.63, 3.8) is 0 Å². The third kappa shape index (κ3) is 0.660. The standard InChI is InChI=1S/C11H16/c1-2-3-9-10-7-4-5-8(6-7)11(9)10/h7-9H,2-6H2,1H3. The van der Waals surface area contributed by atoms with Crippen LogP contribution >= 0.6 is 0 Å². The summed E-state index contributed by atoms with van der Waals surface area (Å²) >= 11 is 0. The van der Waals surface area contributed by atoms with Crippen LogP contribution in [0.5, 0.6) is 0 Å². The van der Waals surface area contributed by atoms with Gasteiger partial charge in [-0.2, -0.15) is 0 Å². The molecule has 0 heteroatoms. The second-order valence-corrected chi connectivity index (χ2v) is 4.46. The second-order valence-electron chi connectivity index (χ2n) is 4.46. The Kier molecular flexibility index (Phi) is 1.09. The summed E-state index contributed by atoms with van der Waals surface area (Å²) in [5.74, 6) is 3.18. The van der Waals surface area contributed by atoms with Gasteiger partial charge in [-0.1, -0.05) is 24.5 Å². The molecule has 0 heterocycles. The van der Waals surface area contributed by atoms with Crippen molar-refractivity contribution in [2.75, 3.05) is 0 Å². The molecule has 0 saturated heterocycles. The molecule has 1 saturated carbocycles. The first-order chi connectivity index (χ1) is 5.42. The predicted molar refractivity (Wildman–Crippen MR) is 46.3 cm³/mol. The van der Waals surface area contributed by atoms with Crippen molar-refractivity contribution in [3.05, 3.63) is 11.1 Å². The van der Waals surface area contributed by atoms with Crippen LogP contribution in [0, 0.1) is 17.8 Å². The topological polar surface area (TPSA) is 0 Å². The van der Waals surface area contributed by atoms with Crippen LogP contribution in [0.15, 0.2) is 11.1 Å². The van der Waals surface area contributed by atoms with Gasteiger partial charge in [0.15, 0.2) is 0 Å². The number of hydrogen-bond donors (Lipinski definition) is 0. The smallest absolute Gasteiger partial charge is 0.00184 e. The van der Waals surface area contributed by atoms with Crippen LogP contribution in [0.2, 0.25) is 0 Å². The first kappa shape index (κ1) is 6.28. The molecular weight excluding hydrogens is 132 g/mol. The minimum absolute atomic E-state index is 1.03. The quantitative estimate of drug-likeness (QED) is 0.528. The third-order valence-electron chi connectivity index (χ3n) is 3.89. The van der Waals surface area contributed by atoms with E-state index in [0.29, 0.717) is 0 Å². The largest absolute Gasteiger partial charge is 0.0653 e. The Morgan fingerprint density at radius 2 is 1.82 bits per heavy atom. The van der Waals surface area contributed by atoms with Gasteiger partial charge in [-0.25, -0.2) is 0 Å². The highest BCUT2D eigenvalue weighted by Crippen LogP contribution is 2.65. The molecule has 3 aliphatic rings. The average molecular weight is 148 g/mol. The van der Waals surface area contributed by atoms with Crippen molar-refractivity contribution in [1.29, 1.82) is 0 Å². The fourth-order valence-electron chi connectivity index (χ4n) is 3.49. The van der Waals surface area contributed by atoms with E-state index in [1.807, 2.05) is 11.1 Å². The van der Waals surface area contributed by atoms with Crippen LogP contribution in [0.3, 0.4) is 0 Å². The van der Waals surface area contributed by atoms with Crippen LogP contribution in [-0.4, -0.2) is 0 Å². The fourth-order valence-corrected chi connectivity index (χ4v) is 3.49. The minimum Gasteiger partial charge on any atom is -0.0653 e. The normalized spacial score (nSPS) is 45.0. The molecule has 3 rings (SSSR count). The molecular formula is C11H16. The molecule has 2 unspecified atom stereocenters. The molecule has 60 valence electrons. The van der Waals surface area contributed by atoms with E-state index in [4.69, 9.17) is 0 Å². The Morgan fingerprint density at radius 3 is 2.36 bits per heavy atom. The van der Waals surface area contributed by atoms with Gasteiger partial charge in [0, 0.05) is 5.92 Å². The van der Waals surface area contributed by atoms with E-state index in [1.165, 1.54) is 25.7 Å². The summed E-state index contributed by atoms with van der Waals surface area (Å²) in [6, 6.07) is 0. The van der Waals surface area contributed by atoms with Gasteiger partial charge in [0.05, 0.1) is 0 Å². The van der Waals surface area contributed by atoms with E-state index in [0.717, 1.165) is 17.8 Å². The molecule has 3 aliphatic carbocycles. The van der Waals surface area contributed by atoms with Crippen LogP contribution in [0.1, 0.15) is 39.0 Å². The van der Waals surface area contributed by atoms with Crippen molar-refractivity contribution in [3.8, 4) is 0 Å². The average Bonchev–Trinajstić information content (AvgIpc) is 2.43. The van der Waals surface area contributed by atoms with Gasteiger partial charge in [-0.15, -0.1) is 0 Å². The highest BCUT2D eigenvalue weighted by molar-refractivity contribution is 5.50. The van der Waals surface area contributed by atoms with Gasteiger partial charge in [0.1, 0.15) is 0 Å².